The van der Waals surface area contributed by atoms with Crippen LogP contribution < -0.4 is 10.1 Å². The highest BCUT2D eigenvalue weighted by Gasteiger charge is 2.17. The predicted octanol–water partition coefficient (Wildman–Crippen LogP) is 2.30. The second-order valence-electron chi connectivity index (χ2n) is 5.24. The summed E-state index contributed by atoms with van der Waals surface area (Å²) in [6, 6.07) is 4.33. The molecule has 1 aliphatic carbocycles. The van der Waals surface area contributed by atoms with E-state index in [1.807, 2.05) is 0 Å². The third-order valence-corrected chi connectivity index (χ3v) is 3.53. The van der Waals surface area contributed by atoms with Crippen LogP contribution in [-0.4, -0.2) is 35.6 Å². The predicted molar refractivity (Wildman–Crippen MR) is 75.5 cm³/mol. The van der Waals surface area contributed by atoms with E-state index in [4.69, 9.17) is 9.84 Å². The average Bonchev–Trinajstić information content (AvgIpc) is 2.48. The molecule has 0 spiro atoms. The molecule has 0 aromatic heterocycles. The highest BCUT2D eigenvalue weighted by atomic mass is 19.1. The van der Waals surface area contributed by atoms with Crippen LogP contribution in [0.25, 0.3) is 0 Å². The van der Waals surface area contributed by atoms with Gasteiger partial charge in [0.2, 0.25) is 0 Å². The van der Waals surface area contributed by atoms with Gasteiger partial charge in [0.1, 0.15) is 11.6 Å². The molecule has 1 aromatic carbocycles. The Hall–Kier alpha value is -1.33. The molecule has 3 N–H and O–H groups in total. The molecule has 2 rings (SSSR count). The van der Waals surface area contributed by atoms with Crippen molar-refractivity contribution >= 4 is 5.69 Å². The quantitative estimate of drug-likeness (QED) is 0.749. The molecule has 1 saturated carbocycles. The van der Waals surface area contributed by atoms with Gasteiger partial charge in [0.15, 0.2) is 0 Å². The number of ether oxygens (including phenoxy) is 1. The number of nitrogens with one attached hydrogen (secondary N) is 1. The molecule has 4 nitrogen and oxygen atoms in total. The molecule has 1 aliphatic rings. The summed E-state index contributed by atoms with van der Waals surface area (Å²) >= 11 is 0. The van der Waals surface area contributed by atoms with Gasteiger partial charge < -0.3 is 20.3 Å². The Morgan fingerprint density at radius 1 is 1.30 bits per heavy atom. The number of aliphatic hydroxyl groups excluding tert-OH is 2. The van der Waals surface area contributed by atoms with Gasteiger partial charge in [0, 0.05) is 12.6 Å². The standard InChI is InChI=1S/C15H22FNO3/c16-11-6-7-15(20-13-4-2-1-3-5-13)14(8-11)17-9-12(19)10-18/h6-8,12-13,17-19H,1-5,9-10H2. The van der Waals surface area contributed by atoms with Crippen LogP contribution in [0.3, 0.4) is 0 Å². The first kappa shape index (κ1) is 15.1. The highest BCUT2D eigenvalue weighted by Crippen LogP contribution is 2.30. The Morgan fingerprint density at radius 3 is 2.75 bits per heavy atom. The van der Waals surface area contributed by atoms with Crippen molar-refractivity contribution in [3.05, 3.63) is 24.0 Å². The van der Waals surface area contributed by atoms with E-state index in [1.54, 1.807) is 6.07 Å². The number of hydrogen-bond donors (Lipinski definition) is 3. The fraction of sp³-hybridized carbons (Fsp3) is 0.600. The lowest BCUT2D eigenvalue weighted by molar-refractivity contribution is 0.105. The minimum Gasteiger partial charge on any atom is -0.488 e. The van der Waals surface area contributed by atoms with Gasteiger partial charge in [-0.25, -0.2) is 4.39 Å². The van der Waals surface area contributed by atoms with Gasteiger partial charge in [-0.1, -0.05) is 6.42 Å². The molecule has 5 heteroatoms. The van der Waals surface area contributed by atoms with E-state index in [-0.39, 0.29) is 25.1 Å². The molecular formula is C15H22FNO3. The minimum atomic E-state index is -0.874. The van der Waals surface area contributed by atoms with Gasteiger partial charge in [-0.15, -0.1) is 0 Å². The molecule has 0 bridgehead atoms. The average molecular weight is 283 g/mol. The maximum atomic E-state index is 13.3. The Labute approximate surface area is 118 Å². The fourth-order valence-electron chi connectivity index (χ4n) is 2.40. The van der Waals surface area contributed by atoms with Crippen molar-refractivity contribution in [2.24, 2.45) is 0 Å². The summed E-state index contributed by atoms with van der Waals surface area (Å²) < 4.78 is 19.3. The lowest BCUT2D eigenvalue weighted by Crippen LogP contribution is -2.24. The first-order valence-corrected chi connectivity index (χ1v) is 7.18. The van der Waals surface area contributed by atoms with E-state index in [0.29, 0.717) is 11.4 Å². The van der Waals surface area contributed by atoms with E-state index in [0.717, 1.165) is 25.7 Å². The molecule has 112 valence electrons. The van der Waals surface area contributed by atoms with E-state index >= 15 is 0 Å². The maximum absolute atomic E-state index is 13.3. The third-order valence-electron chi connectivity index (χ3n) is 3.53. The third kappa shape index (κ3) is 4.35. The summed E-state index contributed by atoms with van der Waals surface area (Å²) in [7, 11) is 0. The van der Waals surface area contributed by atoms with Crippen LogP contribution in [0.2, 0.25) is 0 Å². The topological polar surface area (TPSA) is 61.7 Å². The number of aliphatic hydroxyl groups is 2. The van der Waals surface area contributed by atoms with Crippen LogP contribution in [0.5, 0.6) is 5.75 Å². The van der Waals surface area contributed by atoms with Gasteiger partial charge in [-0.3, -0.25) is 0 Å². The lowest BCUT2D eigenvalue weighted by atomic mass is 9.98. The fourth-order valence-corrected chi connectivity index (χ4v) is 2.40. The van der Waals surface area contributed by atoms with Gasteiger partial charge in [-0.05, 0) is 37.8 Å². The van der Waals surface area contributed by atoms with Gasteiger partial charge >= 0.3 is 0 Å². The molecule has 0 saturated heterocycles. The van der Waals surface area contributed by atoms with Gasteiger partial charge in [0.25, 0.3) is 0 Å². The number of rotatable bonds is 6. The Balaban J connectivity index is 2.02. The van der Waals surface area contributed by atoms with Crippen molar-refractivity contribution in [1.82, 2.24) is 0 Å². The van der Waals surface area contributed by atoms with Crippen molar-refractivity contribution in [3.63, 3.8) is 0 Å². The lowest BCUT2D eigenvalue weighted by Gasteiger charge is -2.24. The monoisotopic (exact) mass is 283 g/mol. The van der Waals surface area contributed by atoms with E-state index in [2.05, 4.69) is 5.32 Å². The van der Waals surface area contributed by atoms with E-state index < -0.39 is 6.10 Å². The summed E-state index contributed by atoms with van der Waals surface area (Å²) in [5.41, 5.74) is 0.517. The molecule has 1 unspecified atom stereocenters. The largest absolute Gasteiger partial charge is 0.488 e. The van der Waals surface area contributed by atoms with Crippen LogP contribution in [0.4, 0.5) is 10.1 Å². The number of halogens is 1. The van der Waals surface area contributed by atoms with Crippen molar-refractivity contribution in [2.75, 3.05) is 18.5 Å². The molecule has 1 aromatic rings. The Kier molecular flexibility index (Phi) is 5.61. The zero-order chi connectivity index (χ0) is 14.4. The second kappa shape index (κ2) is 7.45. The smallest absolute Gasteiger partial charge is 0.143 e. The number of benzene rings is 1. The van der Waals surface area contributed by atoms with Crippen LogP contribution in [0.1, 0.15) is 32.1 Å². The molecular weight excluding hydrogens is 261 g/mol. The molecule has 0 radical (unpaired) electrons. The first-order valence-electron chi connectivity index (χ1n) is 7.18. The number of anilines is 1. The summed E-state index contributed by atoms with van der Waals surface area (Å²) in [6.07, 6.45) is 4.93. The minimum absolute atomic E-state index is 0.154. The van der Waals surface area contributed by atoms with Gasteiger partial charge in [-0.2, -0.15) is 0 Å². The molecule has 1 atom stereocenters. The maximum Gasteiger partial charge on any atom is 0.143 e. The zero-order valence-corrected chi connectivity index (χ0v) is 11.5. The van der Waals surface area contributed by atoms with E-state index in [1.165, 1.54) is 18.6 Å². The second-order valence-corrected chi connectivity index (χ2v) is 5.24. The molecule has 20 heavy (non-hydrogen) atoms. The van der Waals surface area contributed by atoms with Crippen LogP contribution in [0, 0.1) is 5.82 Å². The zero-order valence-electron chi connectivity index (χ0n) is 11.5. The number of hydrogen-bond acceptors (Lipinski definition) is 4. The summed E-state index contributed by atoms with van der Waals surface area (Å²) in [5, 5.41) is 21.1. The van der Waals surface area contributed by atoms with Crippen molar-refractivity contribution in [3.8, 4) is 5.75 Å². The molecule has 0 heterocycles. The Bertz CT molecular complexity index is 422. The molecule has 0 amide bonds. The summed E-state index contributed by atoms with van der Waals surface area (Å²) in [4.78, 5) is 0. The van der Waals surface area contributed by atoms with Crippen molar-refractivity contribution < 1.29 is 19.3 Å². The molecule has 1 fully saturated rings. The highest BCUT2D eigenvalue weighted by molar-refractivity contribution is 5.56. The molecule has 0 aliphatic heterocycles. The van der Waals surface area contributed by atoms with Crippen LogP contribution in [0.15, 0.2) is 18.2 Å². The van der Waals surface area contributed by atoms with Crippen molar-refractivity contribution in [1.29, 1.82) is 0 Å². The SMILES string of the molecule is OCC(O)CNc1cc(F)ccc1OC1CCCCC1. The van der Waals surface area contributed by atoms with Crippen molar-refractivity contribution in [2.45, 2.75) is 44.3 Å². The van der Waals surface area contributed by atoms with Crippen LogP contribution >= 0.6 is 0 Å². The first-order chi connectivity index (χ1) is 9.69. The van der Waals surface area contributed by atoms with Gasteiger partial charge in [0.05, 0.1) is 24.5 Å². The van der Waals surface area contributed by atoms with Crippen LogP contribution in [-0.2, 0) is 0 Å². The normalized spacial score (nSPS) is 17.8. The Morgan fingerprint density at radius 2 is 2.05 bits per heavy atom. The summed E-state index contributed by atoms with van der Waals surface area (Å²) in [6.45, 7) is -0.178. The van der Waals surface area contributed by atoms with E-state index in [9.17, 15) is 9.50 Å². The summed E-state index contributed by atoms with van der Waals surface area (Å²) in [5.74, 6) is 0.241.